The Bertz CT molecular complexity index is 255. The molecule has 0 heterocycles. The normalized spacial score (nSPS) is 10.8. The SMILES string of the molecule is CC(C)CCCNC(=O)SCCOC(=O)C(C)C. The van der Waals surface area contributed by atoms with Crippen LogP contribution in [0.2, 0.25) is 0 Å². The molecule has 4 nitrogen and oxygen atoms in total. The summed E-state index contributed by atoms with van der Waals surface area (Å²) in [5.41, 5.74) is 0. The van der Waals surface area contributed by atoms with Crippen LogP contribution in [0.1, 0.15) is 40.5 Å². The molecule has 0 unspecified atom stereocenters. The number of amides is 1. The van der Waals surface area contributed by atoms with Crippen LogP contribution in [0.5, 0.6) is 0 Å². The molecule has 0 bridgehead atoms. The second-order valence-corrected chi connectivity index (χ2v) is 5.99. The van der Waals surface area contributed by atoms with E-state index in [0.29, 0.717) is 18.3 Å². The van der Waals surface area contributed by atoms with Crippen molar-refractivity contribution in [1.82, 2.24) is 5.32 Å². The Morgan fingerprint density at radius 3 is 2.44 bits per heavy atom. The Labute approximate surface area is 114 Å². The fourth-order valence-electron chi connectivity index (χ4n) is 1.20. The van der Waals surface area contributed by atoms with Gasteiger partial charge >= 0.3 is 5.97 Å². The van der Waals surface area contributed by atoms with Gasteiger partial charge in [-0.2, -0.15) is 0 Å². The molecule has 0 radical (unpaired) electrons. The highest BCUT2D eigenvalue weighted by atomic mass is 32.2. The van der Waals surface area contributed by atoms with Gasteiger partial charge < -0.3 is 10.1 Å². The summed E-state index contributed by atoms with van der Waals surface area (Å²) >= 11 is 1.16. The van der Waals surface area contributed by atoms with Crippen molar-refractivity contribution in [2.45, 2.75) is 40.5 Å². The maximum Gasteiger partial charge on any atom is 0.308 e. The zero-order valence-corrected chi connectivity index (χ0v) is 12.6. The molecule has 18 heavy (non-hydrogen) atoms. The average Bonchev–Trinajstić information content (AvgIpc) is 2.29. The molecule has 0 spiro atoms. The van der Waals surface area contributed by atoms with Gasteiger partial charge in [0, 0.05) is 12.3 Å². The summed E-state index contributed by atoms with van der Waals surface area (Å²) in [7, 11) is 0. The minimum atomic E-state index is -0.215. The van der Waals surface area contributed by atoms with Crippen LogP contribution in [-0.2, 0) is 9.53 Å². The third-order valence-electron chi connectivity index (χ3n) is 2.26. The zero-order valence-electron chi connectivity index (χ0n) is 11.8. The minimum absolute atomic E-state index is 0.0423. The standard InChI is InChI=1S/C13H25NO3S/c1-10(2)6-5-7-14-13(16)18-9-8-17-12(15)11(3)4/h10-11H,5-9H2,1-4H3,(H,14,16). The van der Waals surface area contributed by atoms with Gasteiger partial charge in [-0.05, 0) is 18.8 Å². The highest BCUT2D eigenvalue weighted by molar-refractivity contribution is 8.13. The van der Waals surface area contributed by atoms with Crippen molar-refractivity contribution in [3.05, 3.63) is 0 Å². The van der Waals surface area contributed by atoms with Crippen LogP contribution in [-0.4, -0.2) is 30.1 Å². The number of hydrogen-bond donors (Lipinski definition) is 1. The summed E-state index contributed by atoms with van der Waals surface area (Å²) < 4.78 is 4.97. The first-order valence-electron chi connectivity index (χ1n) is 6.50. The van der Waals surface area contributed by atoms with Gasteiger partial charge in [0.1, 0.15) is 6.61 Å². The number of hydrogen-bond acceptors (Lipinski definition) is 4. The average molecular weight is 275 g/mol. The summed E-state index contributed by atoms with van der Waals surface area (Å²) in [6, 6.07) is 0. The maximum absolute atomic E-state index is 11.4. The number of ether oxygens (including phenoxy) is 1. The Morgan fingerprint density at radius 1 is 1.22 bits per heavy atom. The second-order valence-electron chi connectivity index (χ2n) is 4.92. The van der Waals surface area contributed by atoms with E-state index in [1.807, 2.05) is 0 Å². The summed E-state index contributed by atoms with van der Waals surface area (Å²) in [6.07, 6.45) is 2.13. The van der Waals surface area contributed by atoms with Crippen molar-refractivity contribution in [1.29, 1.82) is 0 Å². The molecule has 0 aromatic carbocycles. The molecule has 0 aromatic rings. The van der Waals surface area contributed by atoms with Gasteiger partial charge in [-0.15, -0.1) is 0 Å². The van der Waals surface area contributed by atoms with Crippen LogP contribution in [0.25, 0.3) is 0 Å². The molecule has 0 saturated carbocycles. The molecular weight excluding hydrogens is 250 g/mol. The van der Waals surface area contributed by atoms with Crippen LogP contribution in [0.15, 0.2) is 0 Å². The lowest BCUT2D eigenvalue weighted by atomic mass is 10.1. The smallest absolute Gasteiger partial charge is 0.308 e. The highest BCUT2D eigenvalue weighted by Crippen LogP contribution is 2.05. The number of carbonyl (C=O) groups is 2. The molecule has 0 aliphatic heterocycles. The molecule has 5 heteroatoms. The van der Waals surface area contributed by atoms with E-state index in [2.05, 4.69) is 19.2 Å². The molecule has 0 rings (SSSR count). The van der Waals surface area contributed by atoms with E-state index in [9.17, 15) is 9.59 Å². The van der Waals surface area contributed by atoms with Crippen LogP contribution in [0.4, 0.5) is 4.79 Å². The molecular formula is C13H25NO3S. The third-order valence-corrected chi connectivity index (χ3v) is 3.04. The van der Waals surface area contributed by atoms with Crippen molar-refractivity contribution in [3.63, 3.8) is 0 Å². The van der Waals surface area contributed by atoms with E-state index in [0.717, 1.165) is 31.1 Å². The predicted octanol–water partition coefficient (Wildman–Crippen LogP) is 3.06. The van der Waals surface area contributed by atoms with Crippen molar-refractivity contribution in [2.24, 2.45) is 11.8 Å². The fourth-order valence-corrected chi connectivity index (χ4v) is 1.75. The first-order chi connectivity index (χ1) is 8.43. The molecule has 0 fully saturated rings. The first kappa shape index (κ1) is 17.3. The van der Waals surface area contributed by atoms with E-state index >= 15 is 0 Å². The number of carbonyl (C=O) groups excluding carboxylic acids is 2. The lowest BCUT2D eigenvalue weighted by Crippen LogP contribution is -2.21. The lowest BCUT2D eigenvalue weighted by molar-refractivity contribution is -0.146. The number of rotatable bonds is 8. The monoisotopic (exact) mass is 275 g/mol. The molecule has 1 N–H and O–H groups in total. The van der Waals surface area contributed by atoms with E-state index in [-0.39, 0.29) is 17.1 Å². The third kappa shape index (κ3) is 10.4. The van der Waals surface area contributed by atoms with Gasteiger partial charge in [0.05, 0.1) is 5.92 Å². The van der Waals surface area contributed by atoms with E-state index in [4.69, 9.17) is 4.74 Å². The maximum atomic E-state index is 11.4. The molecule has 1 amide bonds. The topological polar surface area (TPSA) is 55.4 Å². The van der Waals surface area contributed by atoms with E-state index in [1.54, 1.807) is 13.8 Å². The predicted molar refractivity (Wildman–Crippen MR) is 75.7 cm³/mol. The fraction of sp³-hybridized carbons (Fsp3) is 0.846. The lowest BCUT2D eigenvalue weighted by Gasteiger charge is -2.08. The second kappa shape index (κ2) is 10.2. The number of thioether (sulfide) groups is 1. The summed E-state index contributed by atoms with van der Waals surface area (Å²) in [4.78, 5) is 22.5. The van der Waals surface area contributed by atoms with Crippen molar-refractivity contribution >= 4 is 23.0 Å². The summed E-state index contributed by atoms with van der Waals surface area (Å²) in [5.74, 6) is 0.854. The van der Waals surface area contributed by atoms with Crippen molar-refractivity contribution < 1.29 is 14.3 Å². The van der Waals surface area contributed by atoms with Crippen molar-refractivity contribution in [3.8, 4) is 0 Å². The van der Waals surface area contributed by atoms with E-state index < -0.39 is 0 Å². The van der Waals surface area contributed by atoms with Crippen LogP contribution >= 0.6 is 11.8 Å². The molecule has 0 atom stereocenters. The quantitative estimate of drug-likeness (QED) is 0.546. The zero-order chi connectivity index (χ0) is 14.0. The Morgan fingerprint density at radius 2 is 1.89 bits per heavy atom. The van der Waals surface area contributed by atoms with Gasteiger partial charge in [-0.3, -0.25) is 9.59 Å². The molecule has 0 aromatic heterocycles. The molecule has 0 aliphatic carbocycles. The van der Waals surface area contributed by atoms with E-state index in [1.165, 1.54) is 0 Å². The molecule has 106 valence electrons. The Balaban J connectivity index is 3.40. The first-order valence-corrected chi connectivity index (χ1v) is 7.49. The summed E-state index contributed by atoms with van der Waals surface area (Å²) in [6.45, 7) is 8.92. The van der Waals surface area contributed by atoms with Crippen molar-refractivity contribution in [2.75, 3.05) is 18.9 Å². The van der Waals surface area contributed by atoms with Gasteiger partial charge in [0.2, 0.25) is 0 Å². The van der Waals surface area contributed by atoms with Crippen LogP contribution < -0.4 is 5.32 Å². The molecule has 0 aliphatic rings. The van der Waals surface area contributed by atoms with Gasteiger partial charge in [-0.1, -0.05) is 39.5 Å². The number of esters is 1. The Kier molecular flexibility index (Phi) is 9.83. The van der Waals surface area contributed by atoms with Gasteiger partial charge in [0.25, 0.3) is 5.24 Å². The number of nitrogens with one attached hydrogen (secondary N) is 1. The largest absolute Gasteiger partial charge is 0.465 e. The minimum Gasteiger partial charge on any atom is -0.465 e. The van der Waals surface area contributed by atoms with Crippen LogP contribution in [0.3, 0.4) is 0 Å². The highest BCUT2D eigenvalue weighted by Gasteiger charge is 2.08. The summed E-state index contributed by atoms with van der Waals surface area (Å²) in [5, 5.41) is 2.79. The van der Waals surface area contributed by atoms with Gasteiger partial charge in [-0.25, -0.2) is 0 Å². The molecule has 0 saturated heterocycles. The Hall–Kier alpha value is -0.710. The van der Waals surface area contributed by atoms with Crippen LogP contribution in [0, 0.1) is 11.8 Å². The van der Waals surface area contributed by atoms with Gasteiger partial charge in [0.15, 0.2) is 0 Å².